The molecule has 0 spiro atoms. The quantitative estimate of drug-likeness (QED) is 0.612. The maximum atomic E-state index is 12.7. The zero-order valence-electron chi connectivity index (χ0n) is 16.1. The van der Waals surface area contributed by atoms with Crippen molar-refractivity contribution in [2.75, 3.05) is 6.54 Å². The first-order valence-electron chi connectivity index (χ1n) is 9.10. The van der Waals surface area contributed by atoms with Crippen molar-refractivity contribution in [2.45, 2.75) is 31.9 Å². The number of carbonyl (C=O) groups is 2. The van der Waals surface area contributed by atoms with Crippen LogP contribution in [0.4, 0.5) is 13.2 Å². The first kappa shape index (κ1) is 22.6. The van der Waals surface area contributed by atoms with Gasteiger partial charge < -0.3 is 14.8 Å². The summed E-state index contributed by atoms with van der Waals surface area (Å²) in [5.74, 6) is -2.75. The number of aliphatic carboxylic acids is 1. The molecule has 1 aliphatic rings. The zero-order chi connectivity index (χ0) is 22.4. The van der Waals surface area contributed by atoms with Gasteiger partial charge in [0, 0.05) is 36.3 Å². The average Bonchev–Trinajstić information content (AvgIpc) is 3.47. The smallest absolute Gasteiger partial charge is 0.475 e. The number of amides is 1. The second kappa shape index (κ2) is 9.79. The molecule has 1 atom stereocenters. The fourth-order valence-corrected chi connectivity index (χ4v) is 3.67. The van der Waals surface area contributed by atoms with Crippen molar-refractivity contribution in [1.82, 2.24) is 20.0 Å². The number of nitrogens with zero attached hydrogens (tertiary/aromatic N) is 3. The molecule has 0 aromatic carbocycles. The lowest BCUT2D eigenvalue weighted by Gasteiger charge is -2.32. The lowest BCUT2D eigenvalue weighted by atomic mass is 10.1. The first-order valence-corrected chi connectivity index (χ1v) is 9.98. The highest BCUT2D eigenvalue weighted by Crippen LogP contribution is 2.22. The average molecular weight is 456 g/mol. The number of fused-ring (bicyclic) bond motifs is 1. The van der Waals surface area contributed by atoms with E-state index in [9.17, 15) is 18.0 Å². The molecule has 4 heterocycles. The summed E-state index contributed by atoms with van der Waals surface area (Å²) >= 11 is 1.64. The van der Waals surface area contributed by atoms with E-state index in [0.29, 0.717) is 13.1 Å². The third kappa shape index (κ3) is 6.18. The van der Waals surface area contributed by atoms with Crippen LogP contribution < -0.4 is 5.32 Å². The summed E-state index contributed by atoms with van der Waals surface area (Å²) in [5, 5.41) is 16.5. The Labute approximate surface area is 178 Å². The molecule has 0 radical (unpaired) electrons. The van der Waals surface area contributed by atoms with Crippen LogP contribution in [0, 0.1) is 0 Å². The molecule has 0 saturated carbocycles. The number of thiophene rings is 1. The Hall–Kier alpha value is -3.12. The molecular weight excluding hydrogens is 437 g/mol. The van der Waals surface area contributed by atoms with Gasteiger partial charge in [-0.05, 0) is 23.6 Å². The summed E-state index contributed by atoms with van der Waals surface area (Å²) in [6, 6.07) is 7.64. The molecule has 3 aromatic heterocycles. The van der Waals surface area contributed by atoms with Crippen molar-refractivity contribution in [3.05, 3.63) is 64.5 Å². The van der Waals surface area contributed by atoms with Crippen LogP contribution in [0.3, 0.4) is 0 Å². The minimum Gasteiger partial charge on any atom is -0.475 e. The zero-order valence-corrected chi connectivity index (χ0v) is 16.9. The second-order valence-corrected chi connectivity index (χ2v) is 7.72. The summed E-state index contributed by atoms with van der Waals surface area (Å²) in [7, 11) is 0. The summed E-state index contributed by atoms with van der Waals surface area (Å²) in [6.45, 7) is 2.73. The van der Waals surface area contributed by atoms with E-state index in [0.717, 1.165) is 29.2 Å². The van der Waals surface area contributed by atoms with Crippen LogP contribution in [0.1, 0.15) is 22.2 Å². The number of furan rings is 1. The lowest BCUT2D eigenvalue weighted by Crippen LogP contribution is -2.44. The van der Waals surface area contributed by atoms with Gasteiger partial charge in [0.2, 0.25) is 5.91 Å². The molecule has 12 heteroatoms. The highest BCUT2D eigenvalue weighted by atomic mass is 32.1. The van der Waals surface area contributed by atoms with E-state index in [1.54, 1.807) is 30.1 Å². The Morgan fingerprint density at radius 1 is 1.32 bits per heavy atom. The Morgan fingerprint density at radius 3 is 2.71 bits per heavy atom. The molecule has 8 nitrogen and oxygen atoms in total. The van der Waals surface area contributed by atoms with Crippen LogP contribution in [0.25, 0.3) is 0 Å². The van der Waals surface area contributed by atoms with E-state index in [2.05, 4.69) is 15.3 Å². The van der Waals surface area contributed by atoms with Gasteiger partial charge in [0.25, 0.3) is 0 Å². The van der Waals surface area contributed by atoms with E-state index in [-0.39, 0.29) is 11.9 Å². The first-order chi connectivity index (χ1) is 14.7. The molecule has 166 valence electrons. The number of carbonyl (C=O) groups excluding carboxylic acids is 1. The van der Waals surface area contributed by atoms with Crippen LogP contribution in [-0.2, 0) is 29.2 Å². The summed E-state index contributed by atoms with van der Waals surface area (Å²) < 4.78 is 38.7. The summed E-state index contributed by atoms with van der Waals surface area (Å²) in [5.41, 5.74) is 2.17. The third-order valence-electron chi connectivity index (χ3n) is 4.41. The predicted molar refractivity (Wildman–Crippen MR) is 104 cm³/mol. The number of alkyl halides is 3. The Morgan fingerprint density at radius 2 is 2.10 bits per heavy atom. The number of hydrogen-bond donors (Lipinski definition) is 2. The van der Waals surface area contributed by atoms with E-state index in [1.165, 1.54) is 0 Å². The molecule has 0 aliphatic carbocycles. The van der Waals surface area contributed by atoms with Crippen molar-refractivity contribution >= 4 is 23.2 Å². The Balaban J connectivity index is 0.000000339. The number of carboxylic acids is 1. The highest BCUT2D eigenvalue weighted by Gasteiger charge is 2.38. The number of aromatic nitrogens is 2. The fourth-order valence-electron chi connectivity index (χ4n) is 3.02. The number of carboxylic acid groups (broad SMARTS) is 1. The monoisotopic (exact) mass is 456 g/mol. The van der Waals surface area contributed by atoms with Crippen LogP contribution in [0.5, 0.6) is 0 Å². The largest absolute Gasteiger partial charge is 0.490 e. The van der Waals surface area contributed by atoms with Crippen LogP contribution in [0.2, 0.25) is 0 Å². The molecule has 0 bridgehead atoms. The van der Waals surface area contributed by atoms with Gasteiger partial charge in [-0.2, -0.15) is 18.3 Å². The maximum Gasteiger partial charge on any atom is 0.490 e. The molecular formula is C19H19F3N4O4S. The molecule has 2 N–H and O–H groups in total. The number of nitrogens with one attached hydrogen (secondary N) is 1. The normalized spacial score (nSPS) is 16.2. The standard InChI is InChI=1S/C17H18N4O2S.C2HF3O2/c22-17(18-8-15-2-1-7-24-15)16-11-20(9-13-4-6-23-12-13)10-14-3-5-19-21(14)16;3-2(4,5)1(6)7/h1-7,12,16H,8-11H2,(H,18,22);(H,6,7). The molecule has 1 aliphatic heterocycles. The molecule has 31 heavy (non-hydrogen) atoms. The van der Waals surface area contributed by atoms with E-state index in [4.69, 9.17) is 14.3 Å². The topological polar surface area (TPSA) is 101 Å². The molecule has 0 fully saturated rings. The van der Waals surface area contributed by atoms with Gasteiger partial charge in [-0.15, -0.1) is 11.3 Å². The van der Waals surface area contributed by atoms with Gasteiger partial charge in [-0.1, -0.05) is 6.07 Å². The molecule has 1 unspecified atom stereocenters. The fraction of sp³-hybridized carbons (Fsp3) is 0.316. The minimum atomic E-state index is -5.08. The van der Waals surface area contributed by atoms with Crippen LogP contribution in [0.15, 0.2) is 52.8 Å². The number of rotatable bonds is 5. The van der Waals surface area contributed by atoms with Crippen molar-refractivity contribution < 1.29 is 32.3 Å². The van der Waals surface area contributed by atoms with Crippen LogP contribution >= 0.6 is 11.3 Å². The summed E-state index contributed by atoms with van der Waals surface area (Å²) in [4.78, 5) is 25.0. The van der Waals surface area contributed by atoms with Crippen molar-refractivity contribution in [3.8, 4) is 0 Å². The number of hydrogen-bond acceptors (Lipinski definition) is 6. The van der Waals surface area contributed by atoms with E-state index in [1.807, 2.05) is 34.3 Å². The Kier molecular flexibility index (Phi) is 7.13. The number of halogens is 3. The predicted octanol–water partition coefficient (Wildman–Crippen LogP) is 3.04. The molecule has 0 saturated heterocycles. The SMILES string of the molecule is O=C(NCc1cccs1)C1CN(Cc2ccoc2)Cc2ccnn21.O=C(O)C(F)(F)F. The van der Waals surface area contributed by atoms with E-state index >= 15 is 0 Å². The molecule has 4 rings (SSSR count). The van der Waals surface area contributed by atoms with E-state index < -0.39 is 12.1 Å². The van der Waals surface area contributed by atoms with Crippen molar-refractivity contribution in [1.29, 1.82) is 0 Å². The van der Waals surface area contributed by atoms with Gasteiger partial charge in [-0.25, -0.2) is 4.79 Å². The Bertz CT molecular complexity index is 986. The van der Waals surface area contributed by atoms with Crippen molar-refractivity contribution in [3.63, 3.8) is 0 Å². The summed E-state index contributed by atoms with van der Waals surface area (Å²) in [6.07, 6.45) is 0.1000. The molecule has 3 aromatic rings. The van der Waals surface area contributed by atoms with Gasteiger partial charge in [-0.3, -0.25) is 14.4 Å². The van der Waals surface area contributed by atoms with Crippen LogP contribution in [-0.4, -0.2) is 44.4 Å². The van der Waals surface area contributed by atoms with Gasteiger partial charge >= 0.3 is 12.1 Å². The third-order valence-corrected chi connectivity index (χ3v) is 5.29. The van der Waals surface area contributed by atoms with Gasteiger partial charge in [0.05, 0.1) is 24.8 Å². The van der Waals surface area contributed by atoms with Gasteiger partial charge in [0.15, 0.2) is 0 Å². The lowest BCUT2D eigenvalue weighted by molar-refractivity contribution is -0.192. The minimum absolute atomic E-state index is 0.00486. The highest BCUT2D eigenvalue weighted by molar-refractivity contribution is 7.09. The van der Waals surface area contributed by atoms with Crippen molar-refractivity contribution in [2.24, 2.45) is 0 Å². The van der Waals surface area contributed by atoms with Gasteiger partial charge in [0.1, 0.15) is 6.04 Å². The molecule has 1 amide bonds. The maximum absolute atomic E-state index is 12.7. The second-order valence-electron chi connectivity index (χ2n) is 6.68.